The van der Waals surface area contributed by atoms with E-state index in [2.05, 4.69) is 5.32 Å². The molecule has 1 atom stereocenters. The minimum Gasteiger partial charge on any atom is -0.440 e. The molecule has 3 N–H and O–H groups in total. The Labute approximate surface area is 103 Å². The first-order chi connectivity index (χ1) is 7.58. The maximum atomic E-state index is 11.7. The van der Waals surface area contributed by atoms with Crippen LogP contribution in [0.2, 0.25) is 5.22 Å². The summed E-state index contributed by atoms with van der Waals surface area (Å²) in [5, 5.41) is 2.93. The number of nitrogens with one attached hydrogen (secondary N) is 1. The van der Waals surface area contributed by atoms with Gasteiger partial charge in [-0.2, -0.15) is 0 Å². The lowest BCUT2D eigenvalue weighted by Gasteiger charge is -2.15. The zero-order valence-electron chi connectivity index (χ0n) is 8.40. The van der Waals surface area contributed by atoms with E-state index in [0.29, 0.717) is 10.9 Å². The molecule has 1 heterocycles. The van der Waals surface area contributed by atoms with Crippen molar-refractivity contribution in [2.75, 3.05) is 0 Å². The highest BCUT2D eigenvalue weighted by molar-refractivity contribution is 7.80. The number of carbonyl (C=O) groups excluding carboxylic acids is 1. The highest BCUT2D eigenvalue weighted by Crippen LogP contribution is 2.33. The van der Waals surface area contributed by atoms with Crippen LogP contribution in [-0.4, -0.2) is 16.9 Å². The fraction of sp³-hybridized carbons (Fsp3) is 0.400. The van der Waals surface area contributed by atoms with Gasteiger partial charge in [-0.3, -0.25) is 4.79 Å². The van der Waals surface area contributed by atoms with Crippen molar-refractivity contribution in [2.24, 2.45) is 11.7 Å². The van der Waals surface area contributed by atoms with Crippen molar-refractivity contribution in [3.63, 3.8) is 0 Å². The van der Waals surface area contributed by atoms with E-state index < -0.39 is 0 Å². The van der Waals surface area contributed by atoms with Gasteiger partial charge in [-0.25, -0.2) is 0 Å². The zero-order chi connectivity index (χ0) is 11.7. The molecule has 0 radical (unpaired) electrons. The Morgan fingerprint density at radius 3 is 2.75 bits per heavy atom. The number of nitrogens with two attached hydrogens (primary N) is 1. The molecule has 0 aromatic carbocycles. The lowest BCUT2D eigenvalue weighted by atomic mass is 10.2. The smallest absolute Gasteiger partial charge is 0.287 e. The minimum atomic E-state index is -0.336. The van der Waals surface area contributed by atoms with E-state index >= 15 is 0 Å². The molecule has 0 saturated heterocycles. The molecule has 4 nitrogen and oxygen atoms in total. The Morgan fingerprint density at radius 1 is 1.62 bits per heavy atom. The van der Waals surface area contributed by atoms with E-state index in [1.165, 1.54) is 12.1 Å². The molecule has 1 fully saturated rings. The van der Waals surface area contributed by atoms with E-state index in [1.54, 1.807) is 0 Å². The van der Waals surface area contributed by atoms with Gasteiger partial charge in [-0.15, -0.1) is 0 Å². The lowest BCUT2D eigenvalue weighted by molar-refractivity contribution is 0.0916. The number of halogens is 1. The van der Waals surface area contributed by atoms with Crippen LogP contribution in [0.15, 0.2) is 16.5 Å². The van der Waals surface area contributed by atoms with Gasteiger partial charge >= 0.3 is 0 Å². The molecule has 16 heavy (non-hydrogen) atoms. The molecule has 2 rings (SSSR count). The highest BCUT2D eigenvalue weighted by atomic mass is 35.5. The molecule has 0 aliphatic heterocycles. The number of rotatable bonds is 4. The largest absolute Gasteiger partial charge is 0.440 e. The number of hydrogen-bond donors (Lipinski definition) is 2. The second-order valence-electron chi connectivity index (χ2n) is 3.79. The van der Waals surface area contributed by atoms with E-state index in [4.69, 9.17) is 34.0 Å². The Hall–Kier alpha value is -1.07. The monoisotopic (exact) mass is 258 g/mol. The highest BCUT2D eigenvalue weighted by Gasteiger charge is 2.34. The summed E-state index contributed by atoms with van der Waals surface area (Å²) in [6.07, 6.45) is 2.09. The van der Waals surface area contributed by atoms with Gasteiger partial charge in [0, 0.05) is 0 Å². The molecule has 1 aliphatic rings. The molecule has 1 aliphatic carbocycles. The predicted molar refractivity (Wildman–Crippen MR) is 64.5 cm³/mol. The van der Waals surface area contributed by atoms with Crippen LogP contribution >= 0.6 is 23.8 Å². The van der Waals surface area contributed by atoms with Gasteiger partial charge in [0.1, 0.15) is 0 Å². The van der Waals surface area contributed by atoms with Gasteiger partial charge in [-0.1, -0.05) is 12.2 Å². The molecule has 0 spiro atoms. The number of carbonyl (C=O) groups is 1. The Morgan fingerprint density at radius 2 is 2.31 bits per heavy atom. The molecule has 1 saturated carbocycles. The van der Waals surface area contributed by atoms with Gasteiger partial charge in [0.25, 0.3) is 5.91 Å². The van der Waals surface area contributed by atoms with Crippen molar-refractivity contribution < 1.29 is 9.21 Å². The van der Waals surface area contributed by atoms with Gasteiger partial charge < -0.3 is 15.5 Å². The second kappa shape index (κ2) is 4.43. The van der Waals surface area contributed by atoms with Crippen LogP contribution in [0.1, 0.15) is 23.4 Å². The predicted octanol–water partition coefficient (Wildman–Crippen LogP) is 1.73. The van der Waals surface area contributed by atoms with Crippen LogP contribution in [-0.2, 0) is 0 Å². The van der Waals surface area contributed by atoms with Crippen LogP contribution in [0, 0.1) is 5.92 Å². The van der Waals surface area contributed by atoms with E-state index in [1.807, 2.05) is 0 Å². The summed E-state index contributed by atoms with van der Waals surface area (Å²) in [7, 11) is 0. The molecule has 86 valence electrons. The topological polar surface area (TPSA) is 68.3 Å². The van der Waals surface area contributed by atoms with Crippen molar-refractivity contribution in [2.45, 2.75) is 18.9 Å². The number of hydrogen-bond acceptors (Lipinski definition) is 3. The number of amides is 1. The van der Waals surface area contributed by atoms with E-state index in [-0.39, 0.29) is 22.9 Å². The Balaban J connectivity index is 2.02. The maximum absolute atomic E-state index is 11.7. The van der Waals surface area contributed by atoms with Gasteiger partial charge in [0.15, 0.2) is 11.0 Å². The van der Waals surface area contributed by atoms with Crippen molar-refractivity contribution >= 4 is 34.7 Å². The third-order valence-electron chi connectivity index (χ3n) is 2.48. The SMILES string of the molecule is NC(=S)C(NC(=O)c1ccc(Cl)o1)C1CC1. The summed E-state index contributed by atoms with van der Waals surface area (Å²) in [5.41, 5.74) is 5.57. The Bertz CT molecular complexity index is 428. The van der Waals surface area contributed by atoms with Crippen molar-refractivity contribution in [3.8, 4) is 0 Å². The summed E-state index contributed by atoms with van der Waals surface area (Å²) in [5.74, 6) is 0.204. The van der Waals surface area contributed by atoms with Crippen molar-refractivity contribution in [3.05, 3.63) is 23.1 Å². The van der Waals surface area contributed by atoms with E-state index in [0.717, 1.165) is 12.8 Å². The van der Waals surface area contributed by atoms with Crippen molar-refractivity contribution in [1.29, 1.82) is 0 Å². The molecular weight excluding hydrogens is 248 g/mol. The van der Waals surface area contributed by atoms with Gasteiger partial charge in [0.2, 0.25) is 0 Å². The average Bonchev–Trinajstić information content (AvgIpc) is 2.96. The van der Waals surface area contributed by atoms with Crippen LogP contribution in [0.5, 0.6) is 0 Å². The van der Waals surface area contributed by atoms with Gasteiger partial charge in [0.05, 0.1) is 11.0 Å². The minimum absolute atomic E-state index is 0.173. The fourth-order valence-corrected chi connectivity index (χ4v) is 1.90. The first kappa shape index (κ1) is 11.4. The quantitative estimate of drug-likeness (QED) is 0.807. The molecule has 1 amide bonds. The Kier molecular flexibility index (Phi) is 3.16. The molecule has 1 aromatic heterocycles. The van der Waals surface area contributed by atoms with Crippen LogP contribution in [0.25, 0.3) is 0 Å². The number of furan rings is 1. The maximum Gasteiger partial charge on any atom is 0.287 e. The van der Waals surface area contributed by atoms with E-state index in [9.17, 15) is 4.79 Å². The molecule has 6 heteroatoms. The third kappa shape index (κ3) is 2.54. The molecular formula is C10H11ClN2O2S. The summed E-state index contributed by atoms with van der Waals surface area (Å²) in [6.45, 7) is 0. The van der Waals surface area contributed by atoms with Crippen LogP contribution in [0.4, 0.5) is 0 Å². The summed E-state index contributed by atoms with van der Waals surface area (Å²) < 4.78 is 5.00. The summed E-state index contributed by atoms with van der Waals surface area (Å²) >= 11 is 10.5. The van der Waals surface area contributed by atoms with Crippen LogP contribution in [0.3, 0.4) is 0 Å². The fourth-order valence-electron chi connectivity index (χ4n) is 1.50. The lowest BCUT2D eigenvalue weighted by Crippen LogP contribution is -2.44. The van der Waals surface area contributed by atoms with Crippen molar-refractivity contribution in [1.82, 2.24) is 5.32 Å². The third-order valence-corrected chi connectivity index (χ3v) is 2.94. The first-order valence-electron chi connectivity index (χ1n) is 4.93. The van der Waals surface area contributed by atoms with Crippen LogP contribution < -0.4 is 11.1 Å². The normalized spacial score (nSPS) is 16.8. The first-order valence-corrected chi connectivity index (χ1v) is 5.72. The summed E-state index contributed by atoms with van der Waals surface area (Å²) in [6, 6.07) is 2.79. The zero-order valence-corrected chi connectivity index (χ0v) is 9.98. The standard InChI is InChI=1S/C10H11ClN2O2S/c11-7-4-3-6(15-7)10(14)13-8(9(12)16)5-1-2-5/h3-5,8H,1-2H2,(H2,12,16)(H,13,14). The number of thiocarbonyl (C=S) groups is 1. The second-order valence-corrected chi connectivity index (χ2v) is 4.64. The molecule has 1 unspecified atom stereocenters. The van der Waals surface area contributed by atoms with Gasteiger partial charge in [-0.05, 0) is 42.5 Å². The molecule has 0 bridgehead atoms. The average molecular weight is 259 g/mol. The summed E-state index contributed by atoms with van der Waals surface area (Å²) in [4.78, 5) is 12.0. The molecule has 1 aromatic rings.